The van der Waals surface area contributed by atoms with Crippen LogP contribution in [-0.4, -0.2) is 62.8 Å². The van der Waals surface area contributed by atoms with Crippen LogP contribution >= 0.6 is 11.6 Å². The number of aryl methyl sites for hydroxylation is 1. The van der Waals surface area contributed by atoms with E-state index in [0.717, 1.165) is 25.1 Å². The standard InChI is InChI=1S/C21H24ClN3O3S/c22-18-7-3-8-19(15-18)29(27,28)24-13-11-23(12-14-24)16-21(26)25-10-4-6-17-5-1-2-9-20(17)25/h1-3,5,7-9,15H,4,6,10-14,16H2. The van der Waals surface area contributed by atoms with Gasteiger partial charge in [-0.3, -0.25) is 9.69 Å². The smallest absolute Gasteiger partial charge is 0.243 e. The number of para-hydroxylation sites is 1. The van der Waals surface area contributed by atoms with Crippen molar-refractivity contribution in [2.45, 2.75) is 17.7 Å². The Labute approximate surface area is 176 Å². The van der Waals surface area contributed by atoms with Crippen molar-refractivity contribution in [1.29, 1.82) is 0 Å². The molecule has 1 amide bonds. The molecule has 4 rings (SSSR count). The summed E-state index contributed by atoms with van der Waals surface area (Å²) in [6, 6.07) is 14.4. The van der Waals surface area contributed by atoms with Gasteiger partial charge in [0.1, 0.15) is 0 Å². The first-order valence-electron chi connectivity index (χ1n) is 9.81. The first-order chi connectivity index (χ1) is 13.9. The number of benzene rings is 2. The van der Waals surface area contributed by atoms with Crippen LogP contribution in [0.15, 0.2) is 53.4 Å². The minimum atomic E-state index is -3.57. The van der Waals surface area contributed by atoms with E-state index in [1.807, 2.05) is 28.0 Å². The number of rotatable bonds is 4. The van der Waals surface area contributed by atoms with Gasteiger partial charge in [-0.2, -0.15) is 4.31 Å². The summed E-state index contributed by atoms with van der Waals surface area (Å²) in [5.74, 6) is 0.0725. The number of carbonyl (C=O) groups is 1. The third-order valence-corrected chi connectivity index (χ3v) is 7.67. The van der Waals surface area contributed by atoms with Crippen LogP contribution in [0.3, 0.4) is 0 Å². The van der Waals surface area contributed by atoms with Crippen LogP contribution in [0.5, 0.6) is 0 Å². The summed E-state index contributed by atoms with van der Waals surface area (Å²) in [5, 5.41) is 0.400. The highest BCUT2D eigenvalue weighted by Crippen LogP contribution is 2.27. The Balaban J connectivity index is 1.38. The largest absolute Gasteiger partial charge is 0.311 e. The fourth-order valence-corrected chi connectivity index (χ4v) is 5.70. The van der Waals surface area contributed by atoms with E-state index in [-0.39, 0.29) is 10.8 Å². The molecule has 0 unspecified atom stereocenters. The zero-order valence-electron chi connectivity index (χ0n) is 16.1. The molecule has 6 nitrogen and oxygen atoms in total. The summed E-state index contributed by atoms with van der Waals surface area (Å²) in [5.41, 5.74) is 2.22. The molecular formula is C21H24ClN3O3S. The molecule has 0 saturated carbocycles. The maximum atomic E-state index is 12.9. The van der Waals surface area contributed by atoms with Crippen LogP contribution in [0.2, 0.25) is 5.02 Å². The lowest BCUT2D eigenvalue weighted by molar-refractivity contribution is -0.120. The highest BCUT2D eigenvalue weighted by molar-refractivity contribution is 7.89. The predicted octanol–water partition coefficient (Wildman–Crippen LogP) is 2.63. The van der Waals surface area contributed by atoms with Crippen molar-refractivity contribution in [3.05, 3.63) is 59.1 Å². The van der Waals surface area contributed by atoms with E-state index >= 15 is 0 Å². The van der Waals surface area contributed by atoms with E-state index in [1.165, 1.54) is 15.9 Å². The number of carbonyl (C=O) groups excluding carboxylic acids is 1. The van der Waals surface area contributed by atoms with Gasteiger partial charge in [0.05, 0.1) is 11.4 Å². The first-order valence-corrected chi connectivity index (χ1v) is 11.6. The molecule has 0 bridgehead atoms. The van der Waals surface area contributed by atoms with Crippen molar-refractivity contribution >= 4 is 33.2 Å². The van der Waals surface area contributed by atoms with Gasteiger partial charge in [-0.15, -0.1) is 0 Å². The summed E-state index contributed by atoms with van der Waals surface area (Å²) in [6.07, 6.45) is 1.97. The van der Waals surface area contributed by atoms with Crippen LogP contribution in [0.4, 0.5) is 5.69 Å². The minimum absolute atomic E-state index is 0.0725. The zero-order valence-corrected chi connectivity index (χ0v) is 17.7. The molecule has 0 aliphatic carbocycles. The fourth-order valence-electron chi connectivity index (χ4n) is 3.97. The number of fused-ring (bicyclic) bond motifs is 1. The van der Waals surface area contributed by atoms with Gasteiger partial charge in [-0.1, -0.05) is 35.9 Å². The van der Waals surface area contributed by atoms with Crippen LogP contribution < -0.4 is 4.90 Å². The molecule has 0 aromatic heterocycles. The number of anilines is 1. The molecule has 2 aliphatic heterocycles. The number of hydrogen-bond acceptors (Lipinski definition) is 4. The summed E-state index contributed by atoms with van der Waals surface area (Å²) in [7, 11) is -3.57. The SMILES string of the molecule is O=C(CN1CCN(S(=O)(=O)c2cccc(Cl)c2)CC1)N1CCCc2ccccc21. The van der Waals surface area contributed by atoms with Gasteiger partial charge in [0.2, 0.25) is 15.9 Å². The van der Waals surface area contributed by atoms with E-state index < -0.39 is 10.0 Å². The van der Waals surface area contributed by atoms with E-state index in [1.54, 1.807) is 18.2 Å². The van der Waals surface area contributed by atoms with Crippen molar-refractivity contribution in [2.75, 3.05) is 44.2 Å². The quantitative estimate of drug-likeness (QED) is 0.743. The molecule has 2 aromatic carbocycles. The Hall–Kier alpha value is -1.93. The second kappa shape index (κ2) is 8.44. The average molecular weight is 434 g/mol. The van der Waals surface area contributed by atoms with Crippen molar-refractivity contribution in [3.63, 3.8) is 0 Å². The maximum absolute atomic E-state index is 12.9. The molecule has 8 heteroatoms. The van der Waals surface area contributed by atoms with Gasteiger partial charge in [-0.05, 0) is 42.7 Å². The number of piperazine rings is 1. The Morgan fingerprint density at radius 2 is 1.72 bits per heavy atom. The Morgan fingerprint density at radius 1 is 0.966 bits per heavy atom. The Bertz CT molecular complexity index is 1000. The number of hydrogen-bond donors (Lipinski definition) is 0. The second-order valence-electron chi connectivity index (χ2n) is 7.42. The molecule has 0 radical (unpaired) electrons. The fraction of sp³-hybridized carbons (Fsp3) is 0.381. The lowest BCUT2D eigenvalue weighted by Crippen LogP contribution is -2.52. The lowest BCUT2D eigenvalue weighted by atomic mass is 10.0. The van der Waals surface area contributed by atoms with Gasteiger partial charge >= 0.3 is 0 Å². The zero-order chi connectivity index (χ0) is 20.4. The van der Waals surface area contributed by atoms with Gasteiger partial charge in [0.25, 0.3) is 0 Å². The molecule has 0 spiro atoms. The Kier molecular flexibility index (Phi) is 5.92. The predicted molar refractivity (Wildman–Crippen MR) is 114 cm³/mol. The third kappa shape index (κ3) is 4.33. The first kappa shape index (κ1) is 20.3. The topological polar surface area (TPSA) is 60.9 Å². The minimum Gasteiger partial charge on any atom is -0.311 e. The molecule has 154 valence electrons. The van der Waals surface area contributed by atoms with Crippen molar-refractivity contribution in [3.8, 4) is 0 Å². The molecule has 0 atom stereocenters. The summed E-state index contributed by atoms with van der Waals surface area (Å²) in [6.45, 7) is 2.82. The van der Waals surface area contributed by atoms with Crippen LogP contribution in [0.1, 0.15) is 12.0 Å². The van der Waals surface area contributed by atoms with Crippen LogP contribution in [-0.2, 0) is 21.2 Å². The molecule has 2 heterocycles. The van der Waals surface area contributed by atoms with Crippen molar-refractivity contribution < 1.29 is 13.2 Å². The molecule has 0 N–H and O–H groups in total. The van der Waals surface area contributed by atoms with Crippen molar-refractivity contribution in [2.24, 2.45) is 0 Å². The lowest BCUT2D eigenvalue weighted by Gasteiger charge is -2.36. The van der Waals surface area contributed by atoms with Crippen LogP contribution in [0, 0.1) is 0 Å². The molecule has 2 aliphatic rings. The van der Waals surface area contributed by atoms with E-state index in [4.69, 9.17) is 11.6 Å². The number of nitrogens with zero attached hydrogens (tertiary/aromatic N) is 3. The van der Waals surface area contributed by atoms with E-state index in [2.05, 4.69) is 6.07 Å². The Morgan fingerprint density at radius 3 is 2.48 bits per heavy atom. The normalized spacial score (nSPS) is 18.4. The second-order valence-corrected chi connectivity index (χ2v) is 9.79. The number of amides is 1. The molecular weight excluding hydrogens is 410 g/mol. The molecule has 2 aromatic rings. The third-order valence-electron chi connectivity index (χ3n) is 5.54. The number of halogens is 1. The van der Waals surface area contributed by atoms with Gasteiger partial charge in [-0.25, -0.2) is 8.42 Å². The van der Waals surface area contributed by atoms with Gasteiger partial charge in [0.15, 0.2) is 0 Å². The van der Waals surface area contributed by atoms with Crippen molar-refractivity contribution in [1.82, 2.24) is 9.21 Å². The summed E-state index contributed by atoms with van der Waals surface area (Å²) >= 11 is 5.95. The van der Waals surface area contributed by atoms with Crippen LogP contribution in [0.25, 0.3) is 0 Å². The van der Waals surface area contributed by atoms with Gasteiger partial charge in [0, 0.05) is 43.4 Å². The van der Waals surface area contributed by atoms with E-state index in [0.29, 0.717) is 37.7 Å². The van der Waals surface area contributed by atoms with E-state index in [9.17, 15) is 13.2 Å². The summed E-state index contributed by atoms with van der Waals surface area (Å²) in [4.78, 5) is 17.0. The summed E-state index contributed by atoms with van der Waals surface area (Å²) < 4.78 is 27.1. The number of sulfonamides is 1. The maximum Gasteiger partial charge on any atom is 0.243 e. The highest BCUT2D eigenvalue weighted by Gasteiger charge is 2.30. The molecule has 1 saturated heterocycles. The molecule has 1 fully saturated rings. The van der Waals surface area contributed by atoms with Gasteiger partial charge < -0.3 is 4.90 Å². The monoisotopic (exact) mass is 433 g/mol. The average Bonchev–Trinajstić information content (AvgIpc) is 2.73. The molecule has 29 heavy (non-hydrogen) atoms. The highest BCUT2D eigenvalue weighted by atomic mass is 35.5.